The molecule has 0 bridgehead atoms. The smallest absolute Gasteiger partial charge is 0.246 e. The summed E-state index contributed by atoms with van der Waals surface area (Å²) in [6.45, 7) is 0.645. The summed E-state index contributed by atoms with van der Waals surface area (Å²) in [7, 11) is 5.14. The molecule has 0 spiro atoms. The van der Waals surface area contributed by atoms with Crippen molar-refractivity contribution in [3.05, 3.63) is 89.7 Å². The second-order valence-corrected chi connectivity index (χ2v) is 7.23. The molecule has 6 heteroatoms. The van der Waals surface area contributed by atoms with Gasteiger partial charge in [-0.2, -0.15) is 0 Å². The Kier molecular flexibility index (Phi) is 7.62. The highest BCUT2D eigenvalue weighted by molar-refractivity contribution is 5.95. The van der Waals surface area contributed by atoms with Crippen LogP contribution in [0.4, 0.5) is 10.1 Å². The van der Waals surface area contributed by atoms with Gasteiger partial charge in [-0.1, -0.05) is 36.4 Å². The van der Waals surface area contributed by atoms with Crippen LogP contribution in [0.5, 0.6) is 11.5 Å². The van der Waals surface area contributed by atoms with E-state index in [9.17, 15) is 9.18 Å². The van der Waals surface area contributed by atoms with E-state index in [2.05, 4.69) is 5.32 Å². The van der Waals surface area contributed by atoms with E-state index in [0.717, 1.165) is 17.5 Å². The van der Waals surface area contributed by atoms with Crippen LogP contribution in [0, 0.1) is 5.82 Å². The number of methoxy groups -OCH3 is 2. The van der Waals surface area contributed by atoms with Gasteiger partial charge in [-0.3, -0.25) is 9.69 Å². The average Bonchev–Trinajstić information content (AvgIpc) is 2.79. The predicted molar refractivity (Wildman–Crippen MR) is 120 cm³/mol. The molecule has 0 radical (unpaired) electrons. The molecule has 0 fully saturated rings. The lowest BCUT2D eigenvalue weighted by Gasteiger charge is -2.27. The van der Waals surface area contributed by atoms with Gasteiger partial charge in [0.1, 0.15) is 11.9 Å². The number of ether oxygens (including phenoxy) is 2. The van der Waals surface area contributed by atoms with Gasteiger partial charge < -0.3 is 14.8 Å². The summed E-state index contributed by atoms with van der Waals surface area (Å²) in [6.07, 6.45) is 0.726. The van der Waals surface area contributed by atoms with Crippen LogP contribution in [0.25, 0.3) is 0 Å². The Morgan fingerprint density at radius 1 is 0.968 bits per heavy atom. The molecule has 0 aliphatic rings. The van der Waals surface area contributed by atoms with Crippen LogP contribution >= 0.6 is 0 Å². The fourth-order valence-electron chi connectivity index (χ4n) is 3.46. The highest BCUT2D eigenvalue weighted by Gasteiger charge is 2.25. The molecule has 0 aliphatic heterocycles. The highest BCUT2D eigenvalue weighted by Crippen LogP contribution is 2.28. The molecule has 1 N–H and O–H groups in total. The summed E-state index contributed by atoms with van der Waals surface area (Å²) in [5, 5.41) is 2.90. The van der Waals surface area contributed by atoms with Crippen LogP contribution in [0.2, 0.25) is 0 Å². The first kappa shape index (κ1) is 22.3. The summed E-state index contributed by atoms with van der Waals surface area (Å²) in [5.41, 5.74) is 2.52. The van der Waals surface area contributed by atoms with Crippen LogP contribution in [-0.2, 0) is 11.2 Å². The molecule has 5 nitrogen and oxygen atoms in total. The van der Waals surface area contributed by atoms with Gasteiger partial charge in [-0.05, 0) is 61.0 Å². The molecule has 1 atom stereocenters. The molecule has 0 saturated heterocycles. The Morgan fingerprint density at radius 2 is 1.65 bits per heavy atom. The van der Waals surface area contributed by atoms with Crippen molar-refractivity contribution in [2.24, 2.45) is 0 Å². The number of anilines is 1. The van der Waals surface area contributed by atoms with Crippen LogP contribution < -0.4 is 14.8 Å². The van der Waals surface area contributed by atoms with E-state index in [1.807, 2.05) is 60.5 Å². The number of carbonyl (C=O) groups excluding carboxylic acids is 1. The quantitative estimate of drug-likeness (QED) is 0.543. The van der Waals surface area contributed by atoms with Gasteiger partial charge in [0.05, 0.1) is 14.2 Å². The summed E-state index contributed by atoms with van der Waals surface area (Å²) < 4.78 is 23.9. The maximum atomic E-state index is 13.2. The lowest BCUT2D eigenvalue weighted by Crippen LogP contribution is -2.36. The number of nitrogens with one attached hydrogen (secondary N) is 1. The van der Waals surface area contributed by atoms with E-state index in [4.69, 9.17) is 9.47 Å². The van der Waals surface area contributed by atoms with E-state index in [1.54, 1.807) is 26.4 Å². The lowest BCUT2D eigenvalue weighted by molar-refractivity contribution is -0.121. The Balaban J connectivity index is 1.76. The summed E-state index contributed by atoms with van der Waals surface area (Å²) in [5.74, 6) is 0.842. The maximum absolute atomic E-state index is 13.2. The third kappa shape index (κ3) is 5.83. The van der Waals surface area contributed by atoms with E-state index in [1.165, 1.54) is 12.1 Å². The molecule has 3 rings (SSSR count). The zero-order valence-corrected chi connectivity index (χ0v) is 18.0. The average molecular weight is 423 g/mol. The number of hydrogen-bond donors (Lipinski definition) is 1. The third-order valence-corrected chi connectivity index (χ3v) is 5.12. The lowest BCUT2D eigenvalue weighted by atomic mass is 10.0. The Hall–Kier alpha value is -3.38. The molecule has 162 valence electrons. The van der Waals surface area contributed by atoms with E-state index < -0.39 is 6.04 Å². The van der Waals surface area contributed by atoms with Gasteiger partial charge in [-0.15, -0.1) is 0 Å². The number of carbonyl (C=O) groups is 1. The molecule has 31 heavy (non-hydrogen) atoms. The Morgan fingerprint density at radius 3 is 2.29 bits per heavy atom. The molecule has 3 aromatic rings. The minimum absolute atomic E-state index is 0.174. The fourth-order valence-corrected chi connectivity index (χ4v) is 3.46. The minimum Gasteiger partial charge on any atom is -0.493 e. The number of hydrogen-bond acceptors (Lipinski definition) is 4. The number of rotatable bonds is 9. The van der Waals surface area contributed by atoms with Crippen molar-refractivity contribution < 1.29 is 18.7 Å². The van der Waals surface area contributed by atoms with Crippen molar-refractivity contribution in [3.8, 4) is 11.5 Å². The molecular formula is C25H27FN2O3. The zero-order valence-electron chi connectivity index (χ0n) is 18.0. The normalized spacial score (nSPS) is 11.8. The third-order valence-electron chi connectivity index (χ3n) is 5.12. The van der Waals surface area contributed by atoms with E-state index in [0.29, 0.717) is 23.7 Å². The van der Waals surface area contributed by atoms with Crippen molar-refractivity contribution in [1.82, 2.24) is 4.90 Å². The van der Waals surface area contributed by atoms with Gasteiger partial charge >= 0.3 is 0 Å². The van der Waals surface area contributed by atoms with Crippen LogP contribution in [0.15, 0.2) is 72.8 Å². The van der Waals surface area contributed by atoms with Crippen molar-refractivity contribution in [3.63, 3.8) is 0 Å². The number of halogens is 1. The summed E-state index contributed by atoms with van der Waals surface area (Å²) >= 11 is 0. The number of amides is 1. The predicted octanol–water partition coefficient (Wildman–Crippen LogP) is 4.70. The number of likely N-dealkylation sites (N-methyl/N-ethyl adjacent to an activating group) is 1. The maximum Gasteiger partial charge on any atom is 0.246 e. The molecule has 0 aliphatic carbocycles. The van der Waals surface area contributed by atoms with Gasteiger partial charge in [-0.25, -0.2) is 4.39 Å². The van der Waals surface area contributed by atoms with Crippen molar-refractivity contribution in [2.45, 2.75) is 12.5 Å². The first-order chi connectivity index (χ1) is 15.0. The van der Waals surface area contributed by atoms with Crippen molar-refractivity contribution >= 4 is 11.6 Å². The molecule has 3 aromatic carbocycles. The van der Waals surface area contributed by atoms with Gasteiger partial charge in [0.25, 0.3) is 0 Å². The second kappa shape index (κ2) is 10.6. The molecule has 1 amide bonds. The molecular weight excluding hydrogens is 395 g/mol. The van der Waals surface area contributed by atoms with Crippen LogP contribution in [-0.4, -0.2) is 38.6 Å². The minimum atomic E-state index is -0.494. The zero-order chi connectivity index (χ0) is 22.2. The highest BCUT2D eigenvalue weighted by atomic mass is 19.1. The second-order valence-electron chi connectivity index (χ2n) is 7.23. The molecule has 0 saturated carbocycles. The van der Waals surface area contributed by atoms with Gasteiger partial charge in [0.15, 0.2) is 11.5 Å². The fraction of sp³-hybridized carbons (Fsp3) is 0.240. The monoisotopic (exact) mass is 422 g/mol. The van der Waals surface area contributed by atoms with E-state index in [-0.39, 0.29) is 11.7 Å². The number of nitrogens with zero attached hydrogens (tertiary/aromatic N) is 1. The first-order valence-electron chi connectivity index (χ1n) is 10.0. The van der Waals surface area contributed by atoms with Gasteiger partial charge in [0, 0.05) is 12.2 Å². The largest absolute Gasteiger partial charge is 0.493 e. The van der Waals surface area contributed by atoms with Crippen LogP contribution in [0.1, 0.15) is 17.2 Å². The first-order valence-corrected chi connectivity index (χ1v) is 10.0. The van der Waals surface area contributed by atoms with Crippen molar-refractivity contribution in [2.75, 3.05) is 33.1 Å². The summed E-state index contributed by atoms with van der Waals surface area (Å²) in [6, 6.07) is 20.7. The summed E-state index contributed by atoms with van der Waals surface area (Å²) in [4.78, 5) is 15.2. The Bertz CT molecular complexity index is 993. The molecule has 0 aromatic heterocycles. The van der Waals surface area contributed by atoms with E-state index >= 15 is 0 Å². The van der Waals surface area contributed by atoms with Crippen LogP contribution in [0.3, 0.4) is 0 Å². The Labute approximate surface area is 182 Å². The topological polar surface area (TPSA) is 50.8 Å². The standard InChI is InChI=1S/C25H27FN2O3/c1-28(16-15-18-9-14-22(30-2)23(17-18)31-3)24(19-7-5-4-6-8-19)25(29)27-21-12-10-20(26)11-13-21/h4-14,17,24H,15-16H2,1-3H3,(H,27,29)/t24-/m0/s1. The molecule has 0 unspecified atom stereocenters. The van der Waals surface area contributed by atoms with Gasteiger partial charge in [0.2, 0.25) is 5.91 Å². The molecule has 0 heterocycles. The SMILES string of the molecule is COc1ccc(CCN(C)[C@H](C(=O)Nc2ccc(F)cc2)c2ccccc2)cc1OC. The van der Waals surface area contributed by atoms with Crippen molar-refractivity contribution in [1.29, 1.82) is 0 Å². The number of benzene rings is 3.